The number of amides is 1. The van der Waals surface area contributed by atoms with Crippen LogP contribution in [0.2, 0.25) is 5.02 Å². The number of hydrogen-bond acceptors (Lipinski definition) is 7. The first-order valence-electron chi connectivity index (χ1n) is 9.97. The number of ether oxygens (including phenoxy) is 2. The molecule has 0 saturated heterocycles. The third-order valence-corrected chi connectivity index (χ3v) is 5.86. The number of fused-ring (bicyclic) bond motifs is 1. The van der Waals surface area contributed by atoms with Gasteiger partial charge < -0.3 is 19.7 Å². The minimum absolute atomic E-state index is 0.0391. The van der Waals surface area contributed by atoms with E-state index in [4.69, 9.17) is 21.1 Å². The molecular formula is C22H26ClN3O4S. The summed E-state index contributed by atoms with van der Waals surface area (Å²) in [6.45, 7) is 6.08. The van der Waals surface area contributed by atoms with E-state index >= 15 is 0 Å². The molecule has 0 radical (unpaired) electrons. The van der Waals surface area contributed by atoms with Crippen LogP contribution in [0.15, 0.2) is 51.6 Å². The summed E-state index contributed by atoms with van der Waals surface area (Å²) in [7, 11) is 1.55. The lowest BCUT2D eigenvalue weighted by atomic mass is 9.94. The van der Waals surface area contributed by atoms with Crippen molar-refractivity contribution in [2.45, 2.75) is 39.3 Å². The molecule has 31 heavy (non-hydrogen) atoms. The number of halogens is 1. The fourth-order valence-corrected chi connectivity index (χ4v) is 4.51. The van der Waals surface area contributed by atoms with Gasteiger partial charge >= 0.3 is 5.97 Å². The lowest BCUT2D eigenvalue weighted by Crippen LogP contribution is -2.38. The fraction of sp³-hybridized carbons (Fsp3) is 0.409. The number of esters is 1. The normalized spacial score (nSPS) is 18.0. The second kappa shape index (κ2) is 10.3. The number of aliphatic imine (C=N–C) groups is 1. The summed E-state index contributed by atoms with van der Waals surface area (Å²) in [4.78, 5) is 32.1. The SMILES string of the molecule is COCCOC(=O)C1=C(C)N=C2SC=C(CC(=O)NC(C)C)N2C1c1ccc(Cl)cc1. The number of benzene rings is 1. The molecule has 1 aromatic carbocycles. The first-order chi connectivity index (χ1) is 14.8. The van der Waals surface area contributed by atoms with Crippen LogP contribution in [0.4, 0.5) is 0 Å². The zero-order chi connectivity index (χ0) is 22.5. The number of carbonyl (C=O) groups excluding carboxylic acids is 2. The van der Waals surface area contributed by atoms with Gasteiger partial charge in [0.05, 0.1) is 30.3 Å². The summed E-state index contributed by atoms with van der Waals surface area (Å²) in [6, 6.07) is 6.87. The Bertz CT molecular complexity index is 941. The Morgan fingerprint density at radius 2 is 1.97 bits per heavy atom. The van der Waals surface area contributed by atoms with Crippen molar-refractivity contribution in [3.8, 4) is 0 Å². The number of allylic oxidation sites excluding steroid dienone is 1. The van der Waals surface area contributed by atoms with Crippen LogP contribution in [0.5, 0.6) is 0 Å². The van der Waals surface area contributed by atoms with Gasteiger partial charge in [0.2, 0.25) is 5.91 Å². The maximum absolute atomic E-state index is 13.0. The molecule has 7 nitrogen and oxygen atoms in total. The molecule has 9 heteroatoms. The van der Waals surface area contributed by atoms with Crippen LogP contribution >= 0.6 is 23.4 Å². The van der Waals surface area contributed by atoms with Crippen molar-refractivity contribution in [1.29, 1.82) is 0 Å². The summed E-state index contributed by atoms with van der Waals surface area (Å²) >= 11 is 7.53. The molecule has 1 amide bonds. The summed E-state index contributed by atoms with van der Waals surface area (Å²) in [6.07, 6.45) is 0.180. The van der Waals surface area contributed by atoms with Crippen molar-refractivity contribution in [3.05, 3.63) is 57.2 Å². The molecule has 2 heterocycles. The highest BCUT2D eigenvalue weighted by molar-refractivity contribution is 8.16. The van der Waals surface area contributed by atoms with Gasteiger partial charge in [0.25, 0.3) is 0 Å². The molecule has 166 valence electrons. The van der Waals surface area contributed by atoms with Gasteiger partial charge in [0.1, 0.15) is 6.61 Å². The number of thioether (sulfide) groups is 1. The van der Waals surface area contributed by atoms with E-state index in [0.29, 0.717) is 22.9 Å². The van der Waals surface area contributed by atoms with Crippen LogP contribution in [-0.2, 0) is 19.1 Å². The zero-order valence-electron chi connectivity index (χ0n) is 18.0. The smallest absolute Gasteiger partial charge is 0.338 e. The predicted molar refractivity (Wildman–Crippen MR) is 123 cm³/mol. The molecule has 1 unspecified atom stereocenters. The highest BCUT2D eigenvalue weighted by atomic mass is 35.5. The summed E-state index contributed by atoms with van der Waals surface area (Å²) in [5, 5.41) is 6.14. The predicted octanol–water partition coefficient (Wildman–Crippen LogP) is 4.02. The van der Waals surface area contributed by atoms with Crippen LogP contribution in [-0.4, -0.2) is 48.3 Å². The van der Waals surface area contributed by atoms with Gasteiger partial charge in [0, 0.05) is 23.9 Å². The van der Waals surface area contributed by atoms with Gasteiger partial charge in [-0.25, -0.2) is 9.79 Å². The van der Waals surface area contributed by atoms with Crippen LogP contribution in [0.25, 0.3) is 0 Å². The average molecular weight is 464 g/mol. The van der Waals surface area contributed by atoms with E-state index in [9.17, 15) is 9.59 Å². The van der Waals surface area contributed by atoms with Crippen molar-refractivity contribution < 1.29 is 19.1 Å². The van der Waals surface area contributed by atoms with Crippen LogP contribution in [0.1, 0.15) is 38.8 Å². The monoisotopic (exact) mass is 463 g/mol. The number of rotatable bonds is 8. The molecule has 2 aliphatic rings. The standard InChI is InChI=1S/C22H26ClN3O4S/c1-13(2)24-18(27)11-17-12-31-22-25-14(3)19(21(28)30-10-9-29-4)20(26(17)22)15-5-7-16(23)8-6-15/h5-8,12-13,20H,9-11H2,1-4H3,(H,24,27). The zero-order valence-corrected chi connectivity index (χ0v) is 19.5. The highest BCUT2D eigenvalue weighted by Gasteiger charge is 2.41. The fourth-order valence-electron chi connectivity index (χ4n) is 3.42. The van der Waals surface area contributed by atoms with Crippen LogP contribution < -0.4 is 5.32 Å². The van der Waals surface area contributed by atoms with Gasteiger partial charge in [-0.1, -0.05) is 35.5 Å². The minimum Gasteiger partial charge on any atom is -0.460 e. The highest BCUT2D eigenvalue weighted by Crippen LogP contribution is 2.44. The third-order valence-electron chi connectivity index (χ3n) is 4.72. The van der Waals surface area contributed by atoms with Crippen LogP contribution in [0.3, 0.4) is 0 Å². The lowest BCUT2D eigenvalue weighted by molar-refractivity contribution is -0.141. The van der Waals surface area contributed by atoms with E-state index < -0.39 is 12.0 Å². The molecule has 2 aliphatic heterocycles. The van der Waals surface area contributed by atoms with Crippen molar-refractivity contribution in [1.82, 2.24) is 10.2 Å². The Kier molecular flexibility index (Phi) is 7.80. The number of amidine groups is 1. The minimum atomic E-state index is -0.479. The Labute approximate surface area is 191 Å². The van der Waals surface area contributed by atoms with Gasteiger partial charge in [0.15, 0.2) is 5.17 Å². The number of nitrogens with zero attached hydrogens (tertiary/aromatic N) is 2. The van der Waals surface area contributed by atoms with Gasteiger partial charge in [-0.2, -0.15) is 0 Å². The van der Waals surface area contributed by atoms with E-state index in [1.54, 1.807) is 26.2 Å². The topological polar surface area (TPSA) is 80.2 Å². The van der Waals surface area contributed by atoms with E-state index in [0.717, 1.165) is 16.4 Å². The second-order valence-electron chi connectivity index (χ2n) is 7.47. The Morgan fingerprint density at radius 1 is 1.26 bits per heavy atom. The largest absolute Gasteiger partial charge is 0.460 e. The summed E-state index contributed by atoms with van der Waals surface area (Å²) in [5.74, 6) is -0.548. The molecule has 1 aromatic rings. The first kappa shape index (κ1) is 23.4. The third kappa shape index (κ3) is 5.50. The van der Waals surface area contributed by atoms with Crippen molar-refractivity contribution in [2.75, 3.05) is 20.3 Å². The first-order valence-corrected chi connectivity index (χ1v) is 11.2. The van der Waals surface area contributed by atoms with E-state index in [1.165, 1.54) is 11.8 Å². The maximum Gasteiger partial charge on any atom is 0.338 e. The molecule has 0 spiro atoms. The van der Waals surface area contributed by atoms with Crippen molar-refractivity contribution >= 4 is 40.4 Å². The van der Waals surface area contributed by atoms with Crippen LogP contribution in [0, 0.1) is 0 Å². The van der Waals surface area contributed by atoms with E-state index in [-0.39, 0.29) is 25.0 Å². The molecule has 1 atom stereocenters. The number of hydrogen-bond donors (Lipinski definition) is 1. The molecule has 0 aromatic heterocycles. The van der Waals surface area contributed by atoms with Gasteiger partial charge in [-0.15, -0.1) is 0 Å². The summed E-state index contributed by atoms with van der Waals surface area (Å²) < 4.78 is 10.4. The second-order valence-corrected chi connectivity index (χ2v) is 8.75. The Morgan fingerprint density at radius 3 is 2.61 bits per heavy atom. The molecule has 0 bridgehead atoms. The quantitative estimate of drug-likeness (QED) is 0.463. The Hall–Kier alpha value is -2.29. The molecule has 3 rings (SSSR count). The number of methoxy groups -OCH3 is 1. The lowest BCUT2D eigenvalue weighted by Gasteiger charge is -2.36. The molecule has 0 fully saturated rings. The number of nitrogens with one attached hydrogen (secondary N) is 1. The average Bonchev–Trinajstić information content (AvgIpc) is 3.09. The van der Waals surface area contributed by atoms with E-state index in [1.807, 2.05) is 36.3 Å². The maximum atomic E-state index is 13.0. The summed E-state index contributed by atoms with van der Waals surface area (Å²) in [5.41, 5.74) is 2.64. The van der Waals surface area contributed by atoms with Gasteiger partial charge in [-0.3, -0.25) is 4.79 Å². The van der Waals surface area contributed by atoms with E-state index in [2.05, 4.69) is 10.3 Å². The van der Waals surface area contributed by atoms with Crippen molar-refractivity contribution in [3.63, 3.8) is 0 Å². The molecule has 1 N–H and O–H groups in total. The van der Waals surface area contributed by atoms with Crippen molar-refractivity contribution in [2.24, 2.45) is 4.99 Å². The molecule has 0 saturated carbocycles. The number of carbonyl (C=O) groups is 2. The Balaban J connectivity index is 1.98. The van der Waals surface area contributed by atoms with Gasteiger partial charge in [-0.05, 0) is 43.9 Å². The molecular weight excluding hydrogens is 438 g/mol. The molecule has 0 aliphatic carbocycles.